The van der Waals surface area contributed by atoms with E-state index in [1.54, 1.807) is 30.5 Å². The minimum absolute atomic E-state index is 0.0179. The Morgan fingerprint density at radius 1 is 1.00 bits per heavy atom. The molecule has 1 atom stereocenters. The molecule has 0 bridgehead atoms. The molecule has 0 saturated heterocycles. The second-order valence-electron chi connectivity index (χ2n) is 11.2. The van der Waals surface area contributed by atoms with Crippen molar-refractivity contribution in [1.29, 1.82) is 5.26 Å². The summed E-state index contributed by atoms with van der Waals surface area (Å²) in [6.45, 7) is 11.9. The van der Waals surface area contributed by atoms with Crippen LogP contribution in [0.4, 0.5) is 5.69 Å². The number of aromatic nitrogens is 1. The Kier molecular flexibility index (Phi) is 18.0. The molecule has 0 fully saturated rings. The predicted molar refractivity (Wildman–Crippen MR) is 212 cm³/mol. The van der Waals surface area contributed by atoms with Gasteiger partial charge < -0.3 is 29.8 Å². The Morgan fingerprint density at radius 2 is 1.63 bits per heavy atom. The molecule has 13 nitrogen and oxygen atoms in total. The zero-order valence-corrected chi connectivity index (χ0v) is 32.5. The molecular formula is C36H42ClIN6O7S. The van der Waals surface area contributed by atoms with E-state index in [-0.39, 0.29) is 42.3 Å². The largest absolute Gasteiger partial charge is 0.377 e. The number of aryl methyl sites for hydroxylation is 1. The summed E-state index contributed by atoms with van der Waals surface area (Å²) in [5.41, 5.74) is 3.05. The minimum atomic E-state index is -3.96. The lowest BCUT2D eigenvalue weighted by molar-refractivity contribution is -0.121. The fourth-order valence-corrected chi connectivity index (χ4v) is 6.27. The van der Waals surface area contributed by atoms with Gasteiger partial charge in [0.05, 0.1) is 67.3 Å². The minimum Gasteiger partial charge on any atom is -0.377 e. The monoisotopic (exact) mass is 864 g/mol. The van der Waals surface area contributed by atoms with Crippen molar-refractivity contribution in [3.63, 3.8) is 0 Å². The maximum atomic E-state index is 13.1. The quantitative estimate of drug-likeness (QED) is 0.0331. The Hall–Kier alpha value is -4.05. The summed E-state index contributed by atoms with van der Waals surface area (Å²) in [4.78, 5) is 32.1. The lowest BCUT2D eigenvalue weighted by atomic mass is 10.1. The van der Waals surface area contributed by atoms with Crippen LogP contribution in [0, 0.1) is 18.3 Å². The number of rotatable bonds is 23. The Bertz CT molecular complexity index is 1910. The van der Waals surface area contributed by atoms with Crippen LogP contribution in [0.15, 0.2) is 88.4 Å². The van der Waals surface area contributed by atoms with Gasteiger partial charge >= 0.3 is 0 Å². The molecule has 278 valence electrons. The number of allylic oxidation sites excluding steroid dienone is 4. The number of carbonyl (C=O) groups is 2. The van der Waals surface area contributed by atoms with Crippen molar-refractivity contribution in [3.05, 3.63) is 95.2 Å². The highest BCUT2D eigenvalue weighted by atomic mass is 127. The van der Waals surface area contributed by atoms with Crippen LogP contribution in [0.2, 0.25) is 0 Å². The summed E-state index contributed by atoms with van der Waals surface area (Å²) in [6, 6.07) is 10.9. The lowest BCUT2D eigenvalue weighted by Crippen LogP contribution is -2.30. The first-order valence-electron chi connectivity index (χ1n) is 16.2. The number of carbonyl (C=O) groups excluding carboxylic acids is 2. The number of aliphatic imine (C=N–C) groups is 1. The van der Waals surface area contributed by atoms with Crippen molar-refractivity contribution in [1.82, 2.24) is 15.6 Å². The third-order valence-electron chi connectivity index (χ3n) is 7.21. The number of nitrogens with zero attached hydrogens (tertiary/aromatic N) is 2. The molecule has 52 heavy (non-hydrogen) atoms. The van der Waals surface area contributed by atoms with E-state index in [9.17, 15) is 23.3 Å². The number of halogens is 2. The summed E-state index contributed by atoms with van der Waals surface area (Å²) in [7, 11) is -3.96. The van der Waals surface area contributed by atoms with Crippen LogP contribution < -0.4 is 15.4 Å². The second kappa shape index (κ2) is 22.1. The number of benzene rings is 2. The SMILES string of the molecule is C=C(Cl)/C=C\C(=C)C=N[C@H](CI)CC(=O)NCCOCCOCCOCCNC(=O)c1ccc(S(=O)(=O)Nc2ccc(C)c3c(C#N)c[nH]c23)cc1. The third-order valence-corrected chi connectivity index (χ3v) is 9.73. The van der Waals surface area contributed by atoms with Crippen LogP contribution in [0.25, 0.3) is 10.9 Å². The summed E-state index contributed by atoms with van der Waals surface area (Å²) < 4.78 is 45.8. The van der Waals surface area contributed by atoms with Gasteiger partial charge in [0.15, 0.2) is 0 Å². The van der Waals surface area contributed by atoms with E-state index in [1.807, 2.05) is 6.92 Å². The van der Waals surface area contributed by atoms with Crippen LogP contribution in [0.1, 0.15) is 27.9 Å². The van der Waals surface area contributed by atoms with Gasteiger partial charge in [-0.2, -0.15) is 5.26 Å². The van der Waals surface area contributed by atoms with Gasteiger partial charge in [-0.05, 0) is 54.5 Å². The van der Waals surface area contributed by atoms with Crippen molar-refractivity contribution in [2.45, 2.75) is 24.3 Å². The van der Waals surface area contributed by atoms with E-state index in [2.05, 4.69) is 67.2 Å². The lowest BCUT2D eigenvalue weighted by Gasteiger charge is -2.11. The average Bonchev–Trinajstić information content (AvgIpc) is 3.58. The molecule has 0 unspecified atom stereocenters. The molecule has 2 amide bonds. The molecule has 1 heterocycles. The van der Waals surface area contributed by atoms with Gasteiger partial charge in [0.2, 0.25) is 5.91 Å². The van der Waals surface area contributed by atoms with Crippen LogP contribution in [0.5, 0.6) is 0 Å². The molecule has 0 spiro atoms. The number of hydrogen-bond acceptors (Lipinski definition) is 9. The van der Waals surface area contributed by atoms with Crippen molar-refractivity contribution >= 4 is 78.8 Å². The molecule has 16 heteroatoms. The number of aromatic amines is 1. The van der Waals surface area contributed by atoms with Crippen molar-refractivity contribution in [2.75, 3.05) is 61.9 Å². The molecule has 0 aliphatic heterocycles. The van der Waals surface area contributed by atoms with Gasteiger partial charge in [-0.25, -0.2) is 8.42 Å². The van der Waals surface area contributed by atoms with Gasteiger partial charge in [0.25, 0.3) is 15.9 Å². The molecule has 0 saturated carbocycles. The smallest absolute Gasteiger partial charge is 0.261 e. The highest BCUT2D eigenvalue weighted by Crippen LogP contribution is 2.30. The van der Waals surface area contributed by atoms with Crippen molar-refractivity contribution < 1.29 is 32.2 Å². The second-order valence-corrected chi connectivity index (χ2v) is 14.3. The number of nitrogens with one attached hydrogen (secondary N) is 4. The molecular weight excluding hydrogens is 823 g/mol. The number of hydrogen-bond donors (Lipinski definition) is 4. The average molecular weight is 865 g/mol. The van der Waals surface area contributed by atoms with Gasteiger partial charge in [-0.15, -0.1) is 0 Å². The first-order valence-corrected chi connectivity index (χ1v) is 19.6. The molecule has 0 aliphatic rings. The fraction of sp³-hybridized carbons (Fsp3) is 0.333. The molecule has 0 aliphatic carbocycles. The number of nitriles is 1. The Morgan fingerprint density at radius 3 is 2.25 bits per heavy atom. The maximum Gasteiger partial charge on any atom is 0.261 e. The van der Waals surface area contributed by atoms with E-state index in [0.29, 0.717) is 82.3 Å². The number of anilines is 1. The number of H-pyrrole nitrogens is 1. The maximum absolute atomic E-state index is 13.1. The highest BCUT2D eigenvalue weighted by Gasteiger charge is 2.19. The van der Waals surface area contributed by atoms with E-state index < -0.39 is 10.0 Å². The van der Waals surface area contributed by atoms with Crippen LogP contribution in [0.3, 0.4) is 0 Å². The first kappa shape index (κ1) is 42.4. The zero-order chi connectivity index (χ0) is 37.9. The number of alkyl halides is 1. The number of amides is 2. The van der Waals surface area contributed by atoms with Gasteiger partial charge in [0, 0.05) is 52.3 Å². The van der Waals surface area contributed by atoms with Crippen molar-refractivity contribution in [3.8, 4) is 6.07 Å². The molecule has 2 aromatic carbocycles. The van der Waals surface area contributed by atoms with E-state index >= 15 is 0 Å². The topological polar surface area (TPSA) is 184 Å². The molecule has 3 rings (SSSR count). The Labute approximate surface area is 322 Å². The highest BCUT2D eigenvalue weighted by molar-refractivity contribution is 14.1. The summed E-state index contributed by atoms with van der Waals surface area (Å²) in [6.07, 6.45) is 6.73. The van der Waals surface area contributed by atoms with Gasteiger partial charge in [-0.1, -0.05) is 59.5 Å². The van der Waals surface area contributed by atoms with Gasteiger partial charge in [-0.3, -0.25) is 19.3 Å². The van der Waals surface area contributed by atoms with E-state index in [0.717, 1.165) is 5.56 Å². The number of ether oxygens (including phenoxy) is 3. The number of fused-ring (bicyclic) bond motifs is 1. The number of sulfonamides is 1. The van der Waals surface area contributed by atoms with Gasteiger partial charge in [0.1, 0.15) is 6.07 Å². The summed E-state index contributed by atoms with van der Waals surface area (Å²) in [5, 5.41) is 16.0. The van der Waals surface area contributed by atoms with Crippen LogP contribution in [-0.4, -0.2) is 94.6 Å². The third kappa shape index (κ3) is 14.2. The molecule has 4 N–H and O–H groups in total. The summed E-state index contributed by atoms with van der Waals surface area (Å²) >= 11 is 7.88. The summed E-state index contributed by atoms with van der Waals surface area (Å²) in [5.74, 6) is -0.488. The van der Waals surface area contributed by atoms with Crippen molar-refractivity contribution in [2.24, 2.45) is 4.99 Å². The molecule has 3 aromatic rings. The van der Waals surface area contributed by atoms with E-state index in [4.69, 9.17) is 25.8 Å². The molecule has 0 radical (unpaired) electrons. The van der Waals surface area contributed by atoms with E-state index in [1.165, 1.54) is 30.5 Å². The van der Waals surface area contributed by atoms with Crippen LogP contribution >= 0.6 is 34.2 Å². The zero-order valence-electron chi connectivity index (χ0n) is 28.8. The molecule has 1 aromatic heterocycles. The fourth-order valence-electron chi connectivity index (χ4n) is 4.60. The normalized spacial score (nSPS) is 12.2. The predicted octanol–water partition coefficient (Wildman–Crippen LogP) is 5.17. The standard InChI is InChI=1S/C36H42ClIN6O7S/c1-25(4-6-27(3)37)23-42-30(21-38)20-33(45)40-12-14-49-16-18-51-19-17-50-15-13-41-36(46)28-7-9-31(10-8-28)52(47,48)44-32-11-5-26(2)34-29(22-39)24-43-35(32)34/h4-11,23-24,30,43-44H,1,3,12-21H2,2H3,(H,40,45)(H,41,46)/b6-4-,42-23?/t30-/m0/s1. The Balaban J connectivity index is 1.23. The van der Waals surface area contributed by atoms with Crippen LogP contribution in [-0.2, 0) is 29.0 Å². The first-order chi connectivity index (χ1) is 24.9.